The SMILES string of the molecule is CNCCOCCc1ccccn1. The zero-order chi connectivity index (χ0) is 9.36. The predicted molar refractivity (Wildman–Crippen MR) is 52.7 cm³/mol. The van der Waals surface area contributed by atoms with Crippen LogP contribution in [0, 0.1) is 0 Å². The number of pyridine rings is 1. The van der Waals surface area contributed by atoms with Gasteiger partial charge in [0, 0.05) is 24.9 Å². The highest BCUT2D eigenvalue weighted by atomic mass is 16.5. The summed E-state index contributed by atoms with van der Waals surface area (Å²) in [6.07, 6.45) is 2.70. The minimum Gasteiger partial charge on any atom is -0.380 e. The number of nitrogens with zero attached hydrogens (tertiary/aromatic N) is 1. The highest BCUT2D eigenvalue weighted by Gasteiger charge is 1.92. The van der Waals surface area contributed by atoms with E-state index in [-0.39, 0.29) is 0 Å². The Balaban J connectivity index is 2.07. The van der Waals surface area contributed by atoms with Gasteiger partial charge in [0.15, 0.2) is 0 Å². The minimum atomic E-state index is 0.749. The summed E-state index contributed by atoms with van der Waals surface area (Å²) in [4.78, 5) is 4.20. The van der Waals surface area contributed by atoms with E-state index in [2.05, 4.69) is 10.3 Å². The quantitative estimate of drug-likeness (QED) is 0.659. The molecule has 0 aromatic carbocycles. The lowest BCUT2D eigenvalue weighted by atomic mass is 10.3. The Morgan fingerprint density at radius 2 is 2.31 bits per heavy atom. The molecule has 0 atom stereocenters. The molecule has 3 nitrogen and oxygen atoms in total. The Labute approximate surface area is 79.1 Å². The van der Waals surface area contributed by atoms with Crippen LogP contribution in [-0.4, -0.2) is 31.8 Å². The molecule has 13 heavy (non-hydrogen) atoms. The average molecular weight is 180 g/mol. The number of rotatable bonds is 6. The van der Waals surface area contributed by atoms with E-state index in [1.807, 2.05) is 31.4 Å². The largest absolute Gasteiger partial charge is 0.380 e. The molecule has 1 aromatic rings. The first-order valence-corrected chi connectivity index (χ1v) is 4.55. The highest BCUT2D eigenvalue weighted by molar-refractivity contribution is 5.03. The predicted octanol–water partition coefficient (Wildman–Crippen LogP) is 0.860. The van der Waals surface area contributed by atoms with Crippen LogP contribution in [-0.2, 0) is 11.2 Å². The first-order chi connectivity index (χ1) is 6.43. The molecule has 1 rings (SSSR count). The van der Waals surface area contributed by atoms with Crippen molar-refractivity contribution < 1.29 is 4.74 Å². The highest BCUT2D eigenvalue weighted by Crippen LogP contribution is 1.94. The van der Waals surface area contributed by atoms with E-state index in [0.717, 1.165) is 31.9 Å². The van der Waals surface area contributed by atoms with Gasteiger partial charge in [-0.3, -0.25) is 4.98 Å². The summed E-state index contributed by atoms with van der Waals surface area (Å²) in [5.41, 5.74) is 1.09. The molecule has 0 aliphatic carbocycles. The average Bonchev–Trinajstić information content (AvgIpc) is 2.19. The molecule has 0 fully saturated rings. The maximum Gasteiger partial charge on any atom is 0.0590 e. The van der Waals surface area contributed by atoms with Gasteiger partial charge in [-0.05, 0) is 19.2 Å². The molecule has 0 unspecified atom stereocenters. The molecule has 3 heteroatoms. The van der Waals surface area contributed by atoms with Crippen molar-refractivity contribution in [2.45, 2.75) is 6.42 Å². The second-order valence-corrected chi connectivity index (χ2v) is 2.79. The molecular weight excluding hydrogens is 164 g/mol. The van der Waals surface area contributed by atoms with Gasteiger partial charge in [-0.25, -0.2) is 0 Å². The Morgan fingerprint density at radius 1 is 1.38 bits per heavy atom. The van der Waals surface area contributed by atoms with Crippen LogP contribution in [0.25, 0.3) is 0 Å². The molecule has 0 aliphatic rings. The topological polar surface area (TPSA) is 34.1 Å². The van der Waals surface area contributed by atoms with Gasteiger partial charge in [0.2, 0.25) is 0 Å². The Hall–Kier alpha value is -0.930. The Morgan fingerprint density at radius 3 is 3.00 bits per heavy atom. The Kier molecular flexibility index (Phi) is 5.13. The van der Waals surface area contributed by atoms with Gasteiger partial charge < -0.3 is 10.1 Å². The first kappa shape index (κ1) is 10.2. The van der Waals surface area contributed by atoms with E-state index < -0.39 is 0 Å². The third kappa shape index (κ3) is 4.60. The molecule has 0 saturated heterocycles. The number of ether oxygens (including phenoxy) is 1. The van der Waals surface area contributed by atoms with Gasteiger partial charge in [-0.2, -0.15) is 0 Å². The molecule has 0 bridgehead atoms. The van der Waals surface area contributed by atoms with Gasteiger partial charge in [-0.1, -0.05) is 6.07 Å². The zero-order valence-electron chi connectivity index (χ0n) is 7.99. The van der Waals surface area contributed by atoms with Crippen LogP contribution in [0.3, 0.4) is 0 Å². The number of nitrogens with one attached hydrogen (secondary N) is 1. The lowest BCUT2D eigenvalue weighted by molar-refractivity contribution is 0.140. The van der Waals surface area contributed by atoms with Crippen molar-refractivity contribution in [3.05, 3.63) is 30.1 Å². The van der Waals surface area contributed by atoms with E-state index in [4.69, 9.17) is 4.74 Å². The number of aromatic nitrogens is 1. The number of hydrogen-bond acceptors (Lipinski definition) is 3. The molecule has 0 spiro atoms. The summed E-state index contributed by atoms with van der Waals surface area (Å²) in [6.45, 7) is 2.42. The van der Waals surface area contributed by atoms with Crippen molar-refractivity contribution in [1.29, 1.82) is 0 Å². The lowest BCUT2D eigenvalue weighted by Crippen LogP contribution is -2.15. The van der Waals surface area contributed by atoms with Crippen molar-refractivity contribution in [2.24, 2.45) is 0 Å². The fraction of sp³-hybridized carbons (Fsp3) is 0.500. The summed E-state index contributed by atoms with van der Waals surface area (Å²) >= 11 is 0. The molecule has 1 heterocycles. The van der Waals surface area contributed by atoms with Crippen molar-refractivity contribution >= 4 is 0 Å². The van der Waals surface area contributed by atoms with Crippen molar-refractivity contribution in [3.8, 4) is 0 Å². The second-order valence-electron chi connectivity index (χ2n) is 2.79. The van der Waals surface area contributed by atoms with E-state index >= 15 is 0 Å². The Bertz CT molecular complexity index is 213. The summed E-state index contributed by atoms with van der Waals surface area (Å²) in [6, 6.07) is 5.93. The number of hydrogen-bond donors (Lipinski definition) is 1. The lowest BCUT2D eigenvalue weighted by Gasteiger charge is -2.02. The smallest absolute Gasteiger partial charge is 0.0590 e. The van der Waals surface area contributed by atoms with Crippen molar-refractivity contribution in [1.82, 2.24) is 10.3 Å². The summed E-state index contributed by atoms with van der Waals surface area (Å²) in [5.74, 6) is 0. The van der Waals surface area contributed by atoms with Crippen LogP contribution in [0.4, 0.5) is 0 Å². The molecule has 1 N–H and O–H groups in total. The van der Waals surface area contributed by atoms with Crippen molar-refractivity contribution in [3.63, 3.8) is 0 Å². The molecule has 0 radical (unpaired) electrons. The van der Waals surface area contributed by atoms with E-state index in [1.165, 1.54) is 0 Å². The maximum atomic E-state index is 5.38. The van der Waals surface area contributed by atoms with Crippen LogP contribution in [0.2, 0.25) is 0 Å². The summed E-state index contributed by atoms with van der Waals surface area (Å²) in [7, 11) is 1.92. The summed E-state index contributed by atoms with van der Waals surface area (Å²) in [5, 5.41) is 3.03. The van der Waals surface area contributed by atoms with Gasteiger partial charge in [0.05, 0.1) is 13.2 Å². The van der Waals surface area contributed by atoms with Gasteiger partial charge in [0.25, 0.3) is 0 Å². The van der Waals surface area contributed by atoms with Gasteiger partial charge >= 0.3 is 0 Å². The molecule has 0 aliphatic heterocycles. The fourth-order valence-corrected chi connectivity index (χ4v) is 0.999. The second kappa shape index (κ2) is 6.57. The monoisotopic (exact) mass is 180 g/mol. The third-order valence-corrected chi connectivity index (χ3v) is 1.73. The van der Waals surface area contributed by atoms with E-state index in [0.29, 0.717) is 0 Å². The van der Waals surface area contributed by atoms with Crippen LogP contribution >= 0.6 is 0 Å². The van der Waals surface area contributed by atoms with Gasteiger partial charge in [-0.15, -0.1) is 0 Å². The minimum absolute atomic E-state index is 0.749. The van der Waals surface area contributed by atoms with Crippen LogP contribution < -0.4 is 5.32 Å². The van der Waals surface area contributed by atoms with Crippen LogP contribution in [0.15, 0.2) is 24.4 Å². The van der Waals surface area contributed by atoms with Crippen LogP contribution in [0.5, 0.6) is 0 Å². The molecule has 72 valence electrons. The van der Waals surface area contributed by atoms with Gasteiger partial charge in [0.1, 0.15) is 0 Å². The standard InChI is InChI=1S/C10H16N2O/c1-11-7-9-13-8-5-10-4-2-3-6-12-10/h2-4,6,11H,5,7-9H2,1H3. The normalized spacial score (nSPS) is 10.2. The van der Waals surface area contributed by atoms with Crippen LogP contribution in [0.1, 0.15) is 5.69 Å². The van der Waals surface area contributed by atoms with E-state index in [9.17, 15) is 0 Å². The third-order valence-electron chi connectivity index (χ3n) is 1.73. The molecule has 0 saturated carbocycles. The fourth-order valence-electron chi connectivity index (χ4n) is 0.999. The molecule has 1 aromatic heterocycles. The maximum absolute atomic E-state index is 5.38. The van der Waals surface area contributed by atoms with Crippen molar-refractivity contribution in [2.75, 3.05) is 26.8 Å². The number of likely N-dealkylation sites (N-methyl/N-ethyl adjacent to an activating group) is 1. The molecule has 0 amide bonds. The molecular formula is C10H16N2O. The summed E-state index contributed by atoms with van der Waals surface area (Å²) < 4.78 is 5.38. The zero-order valence-corrected chi connectivity index (χ0v) is 7.99. The first-order valence-electron chi connectivity index (χ1n) is 4.55. The van der Waals surface area contributed by atoms with E-state index in [1.54, 1.807) is 0 Å².